The zero-order chi connectivity index (χ0) is 9.98. The van der Waals surface area contributed by atoms with Crippen molar-refractivity contribution in [3.63, 3.8) is 0 Å². The number of carbonyl (C=O) groups excluding carboxylic acids is 1. The second kappa shape index (κ2) is 10.4. The minimum atomic E-state index is 0.0625. The summed E-state index contributed by atoms with van der Waals surface area (Å²) < 4.78 is 4.70. The molecule has 3 heteroatoms. The van der Waals surface area contributed by atoms with E-state index in [0.717, 1.165) is 13.1 Å². The van der Waals surface area contributed by atoms with Gasteiger partial charge >= 0.3 is 0 Å². The molecule has 0 saturated carbocycles. The van der Waals surface area contributed by atoms with Gasteiger partial charge in [-0.15, -0.1) is 0 Å². The number of amides is 1. The van der Waals surface area contributed by atoms with Gasteiger partial charge in [0.25, 0.3) is 0 Å². The zero-order valence-corrected chi connectivity index (χ0v) is 8.89. The Morgan fingerprint density at radius 1 is 1.25 bits per heavy atom. The number of nitrogens with zero attached hydrogens (tertiary/aromatic N) is 1. The minimum Gasteiger partial charge on any atom is -0.375 e. The number of ether oxygens (including phenoxy) is 1. The van der Waals surface area contributed by atoms with Crippen molar-refractivity contribution in [2.24, 2.45) is 0 Å². The van der Waals surface area contributed by atoms with Crippen LogP contribution in [0.1, 0.15) is 27.7 Å². The van der Waals surface area contributed by atoms with Gasteiger partial charge < -0.3 is 9.64 Å². The quantitative estimate of drug-likeness (QED) is 0.648. The molecule has 0 aromatic rings. The van der Waals surface area contributed by atoms with Crippen molar-refractivity contribution >= 4 is 5.91 Å². The summed E-state index contributed by atoms with van der Waals surface area (Å²) in [4.78, 5) is 12.7. The molecular weight excluding hydrogens is 154 g/mol. The Bertz CT molecular complexity index is 101. The summed E-state index contributed by atoms with van der Waals surface area (Å²) in [5.41, 5.74) is 0. The van der Waals surface area contributed by atoms with Gasteiger partial charge in [-0.3, -0.25) is 4.79 Å². The summed E-state index contributed by atoms with van der Waals surface area (Å²) in [5.74, 6) is 0.0625. The molecule has 0 bridgehead atoms. The fourth-order valence-electron chi connectivity index (χ4n) is 0.791. The molecule has 0 saturated heterocycles. The Balaban J connectivity index is 0. The van der Waals surface area contributed by atoms with Gasteiger partial charge in [0.1, 0.15) is 6.61 Å². The van der Waals surface area contributed by atoms with Crippen LogP contribution in [0.15, 0.2) is 0 Å². The predicted octanol–water partition coefficient (Wildman–Crippen LogP) is 1.53. The highest BCUT2D eigenvalue weighted by Crippen LogP contribution is 1.87. The number of likely N-dealkylation sites (N-methyl/N-ethyl adjacent to an activating group) is 1. The van der Waals surface area contributed by atoms with Crippen molar-refractivity contribution < 1.29 is 9.53 Å². The van der Waals surface area contributed by atoms with E-state index in [0.29, 0.717) is 0 Å². The van der Waals surface area contributed by atoms with Gasteiger partial charge in [0.05, 0.1) is 0 Å². The number of methoxy groups -OCH3 is 1. The molecule has 12 heavy (non-hydrogen) atoms. The molecule has 0 atom stereocenters. The van der Waals surface area contributed by atoms with Crippen LogP contribution in [0.25, 0.3) is 0 Å². The fourth-order valence-corrected chi connectivity index (χ4v) is 0.791. The molecule has 0 aliphatic heterocycles. The first-order chi connectivity index (χ1) is 5.76. The molecule has 0 unspecified atom stereocenters. The van der Waals surface area contributed by atoms with E-state index >= 15 is 0 Å². The van der Waals surface area contributed by atoms with Crippen LogP contribution in [0.3, 0.4) is 0 Å². The fraction of sp³-hybridized carbons (Fsp3) is 0.889. The molecular formula is C9H21NO2. The third kappa shape index (κ3) is 6.16. The molecule has 0 aliphatic rings. The highest BCUT2D eigenvalue weighted by Gasteiger charge is 2.06. The Labute approximate surface area is 75.7 Å². The molecule has 74 valence electrons. The van der Waals surface area contributed by atoms with E-state index in [1.165, 1.54) is 7.11 Å². The third-order valence-electron chi connectivity index (χ3n) is 1.38. The second-order valence-corrected chi connectivity index (χ2v) is 2.00. The summed E-state index contributed by atoms with van der Waals surface area (Å²) in [5, 5.41) is 0. The van der Waals surface area contributed by atoms with Crippen LogP contribution in [0.5, 0.6) is 0 Å². The first-order valence-electron chi connectivity index (χ1n) is 4.52. The Morgan fingerprint density at radius 2 is 1.67 bits per heavy atom. The van der Waals surface area contributed by atoms with Crippen molar-refractivity contribution in [1.29, 1.82) is 0 Å². The second-order valence-electron chi connectivity index (χ2n) is 2.00. The molecule has 0 aromatic heterocycles. The summed E-state index contributed by atoms with van der Waals surface area (Å²) in [6.45, 7) is 9.63. The summed E-state index contributed by atoms with van der Waals surface area (Å²) in [6, 6.07) is 0. The molecule has 1 amide bonds. The van der Waals surface area contributed by atoms with E-state index in [1.807, 2.05) is 27.7 Å². The molecule has 3 nitrogen and oxygen atoms in total. The lowest BCUT2D eigenvalue weighted by Gasteiger charge is -2.17. The molecule has 0 N–H and O–H groups in total. The highest BCUT2D eigenvalue weighted by atomic mass is 16.5. The average molecular weight is 175 g/mol. The number of carbonyl (C=O) groups is 1. The standard InChI is InChI=1S/C7H15NO2.C2H6/c1-4-8(5-2)7(9)6-10-3;1-2/h4-6H2,1-3H3;1-2H3. The van der Waals surface area contributed by atoms with Crippen molar-refractivity contribution in [3.8, 4) is 0 Å². The first-order valence-corrected chi connectivity index (χ1v) is 4.52. The minimum absolute atomic E-state index is 0.0625. The van der Waals surface area contributed by atoms with Crippen LogP contribution in [-0.2, 0) is 9.53 Å². The average Bonchev–Trinajstić information content (AvgIpc) is 2.11. The lowest BCUT2D eigenvalue weighted by molar-refractivity contribution is -0.134. The lowest BCUT2D eigenvalue weighted by Crippen LogP contribution is -2.33. The Kier molecular flexibility index (Phi) is 12.2. The third-order valence-corrected chi connectivity index (χ3v) is 1.38. The smallest absolute Gasteiger partial charge is 0.248 e. The van der Waals surface area contributed by atoms with Crippen molar-refractivity contribution in [1.82, 2.24) is 4.90 Å². The van der Waals surface area contributed by atoms with Gasteiger partial charge in [0.15, 0.2) is 0 Å². The maximum Gasteiger partial charge on any atom is 0.248 e. The number of hydrogen-bond acceptors (Lipinski definition) is 2. The van der Waals surface area contributed by atoms with Crippen LogP contribution in [-0.4, -0.2) is 37.6 Å². The predicted molar refractivity (Wildman–Crippen MR) is 51.2 cm³/mol. The normalized spacial score (nSPS) is 8.42. The van der Waals surface area contributed by atoms with Crippen LogP contribution < -0.4 is 0 Å². The van der Waals surface area contributed by atoms with Gasteiger partial charge in [-0.1, -0.05) is 13.8 Å². The number of rotatable bonds is 4. The van der Waals surface area contributed by atoms with Crippen LogP contribution in [0.2, 0.25) is 0 Å². The molecule has 0 radical (unpaired) electrons. The van der Waals surface area contributed by atoms with Crippen LogP contribution in [0.4, 0.5) is 0 Å². The van der Waals surface area contributed by atoms with E-state index in [1.54, 1.807) is 4.90 Å². The molecule has 0 rings (SSSR count). The maximum absolute atomic E-state index is 11.0. The summed E-state index contributed by atoms with van der Waals surface area (Å²) >= 11 is 0. The van der Waals surface area contributed by atoms with Gasteiger partial charge in [0.2, 0.25) is 5.91 Å². The largest absolute Gasteiger partial charge is 0.375 e. The maximum atomic E-state index is 11.0. The van der Waals surface area contributed by atoms with Crippen LogP contribution >= 0.6 is 0 Å². The van der Waals surface area contributed by atoms with E-state index in [9.17, 15) is 4.79 Å². The molecule has 0 aliphatic carbocycles. The lowest BCUT2D eigenvalue weighted by atomic mass is 10.5. The van der Waals surface area contributed by atoms with Gasteiger partial charge in [-0.25, -0.2) is 0 Å². The highest BCUT2D eigenvalue weighted by molar-refractivity contribution is 5.77. The van der Waals surface area contributed by atoms with Crippen molar-refractivity contribution in [2.75, 3.05) is 26.8 Å². The van der Waals surface area contributed by atoms with E-state index in [-0.39, 0.29) is 12.5 Å². The van der Waals surface area contributed by atoms with Crippen molar-refractivity contribution in [2.45, 2.75) is 27.7 Å². The Morgan fingerprint density at radius 3 is 1.92 bits per heavy atom. The summed E-state index contributed by atoms with van der Waals surface area (Å²) in [6.07, 6.45) is 0. The molecule has 0 aromatic carbocycles. The van der Waals surface area contributed by atoms with E-state index in [2.05, 4.69) is 0 Å². The van der Waals surface area contributed by atoms with Gasteiger partial charge in [0, 0.05) is 20.2 Å². The SMILES string of the molecule is CC.CCN(CC)C(=O)COC. The molecule has 0 fully saturated rings. The van der Waals surface area contributed by atoms with Crippen LogP contribution in [0, 0.1) is 0 Å². The Hall–Kier alpha value is -0.570. The number of hydrogen-bond donors (Lipinski definition) is 0. The van der Waals surface area contributed by atoms with Crippen molar-refractivity contribution in [3.05, 3.63) is 0 Å². The summed E-state index contributed by atoms with van der Waals surface area (Å²) in [7, 11) is 1.53. The molecule has 0 heterocycles. The topological polar surface area (TPSA) is 29.5 Å². The van der Waals surface area contributed by atoms with Gasteiger partial charge in [-0.2, -0.15) is 0 Å². The monoisotopic (exact) mass is 175 g/mol. The van der Waals surface area contributed by atoms with E-state index < -0.39 is 0 Å². The van der Waals surface area contributed by atoms with E-state index in [4.69, 9.17) is 4.74 Å². The zero-order valence-electron chi connectivity index (χ0n) is 8.89. The van der Waals surface area contributed by atoms with Gasteiger partial charge in [-0.05, 0) is 13.8 Å². The molecule has 0 spiro atoms. The first kappa shape index (κ1) is 14.0.